The molecule has 0 radical (unpaired) electrons. The van der Waals surface area contributed by atoms with Crippen LogP contribution in [-0.4, -0.2) is 0 Å². The molecule has 0 aromatic heterocycles. The Hall–Kier alpha value is -4.24. The van der Waals surface area contributed by atoms with E-state index in [0.29, 0.717) is 0 Å². The first-order valence-electron chi connectivity index (χ1n) is 14.7. The van der Waals surface area contributed by atoms with Gasteiger partial charge >= 0.3 is 0 Å². The van der Waals surface area contributed by atoms with Gasteiger partial charge in [0.2, 0.25) is 0 Å². The highest BCUT2D eigenvalue weighted by Gasteiger charge is 2.27. The van der Waals surface area contributed by atoms with Crippen LogP contribution in [0.1, 0.15) is 75.3 Å². The third-order valence-corrected chi connectivity index (χ3v) is 8.24. The molecule has 0 unspecified atom stereocenters. The zero-order valence-electron chi connectivity index (χ0n) is 26.4. The second kappa shape index (κ2) is 14.1. The molecule has 0 bridgehead atoms. The van der Waals surface area contributed by atoms with Crippen LogP contribution in [0.25, 0.3) is 0 Å². The van der Waals surface area contributed by atoms with E-state index in [1.807, 2.05) is 42.5 Å². The molecule has 0 aliphatic carbocycles. The highest BCUT2D eigenvalue weighted by molar-refractivity contribution is 5.49. The van der Waals surface area contributed by atoms with E-state index in [0.717, 1.165) is 36.3 Å². The Morgan fingerprint density at radius 1 is 0.643 bits per heavy atom. The van der Waals surface area contributed by atoms with Crippen LogP contribution in [0, 0.1) is 6.92 Å². The number of rotatable bonds is 9. The van der Waals surface area contributed by atoms with E-state index >= 15 is 0 Å². The Balaban J connectivity index is 0.000000235. The van der Waals surface area contributed by atoms with Crippen LogP contribution in [0.4, 0.5) is 17.1 Å². The summed E-state index contributed by atoms with van der Waals surface area (Å²) in [6.45, 7) is 17.3. The van der Waals surface area contributed by atoms with Gasteiger partial charge in [-0.1, -0.05) is 104 Å². The fourth-order valence-electron chi connectivity index (χ4n) is 5.33. The monoisotopic (exact) mass is 559 g/mol. The Kier molecular flexibility index (Phi) is 10.8. The summed E-state index contributed by atoms with van der Waals surface area (Å²) in [6, 6.07) is 33.3. The molecule has 6 N–H and O–H groups in total. The number of nitrogens with two attached hydrogens (primary N) is 3. The summed E-state index contributed by atoms with van der Waals surface area (Å²) in [4.78, 5) is 0. The van der Waals surface area contributed by atoms with E-state index in [2.05, 4.69) is 109 Å². The lowest BCUT2D eigenvalue weighted by molar-refractivity contribution is 0.512. The SMILES string of the molecule is C=CCC(C)(c1ccc(N)cc1)c1ccc(N)cc1.CC(C)=C(Cc1ccc(C)cc1)CC(C)(C)c1ccc(N)cc1. The second-order valence-corrected chi connectivity index (χ2v) is 12.5. The lowest BCUT2D eigenvalue weighted by Crippen LogP contribution is -2.22. The molecule has 3 heteroatoms. The van der Waals surface area contributed by atoms with Crippen LogP contribution in [0.2, 0.25) is 0 Å². The van der Waals surface area contributed by atoms with Gasteiger partial charge < -0.3 is 17.2 Å². The largest absolute Gasteiger partial charge is 0.399 e. The lowest BCUT2D eigenvalue weighted by Gasteiger charge is -2.30. The number of hydrogen-bond donors (Lipinski definition) is 3. The molecule has 0 saturated carbocycles. The summed E-state index contributed by atoms with van der Waals surface area (Å²) in [7, 11) is 0. The third-order valence-electron chi connectivity index (χ3n) is 8.24. The predicted octanol–water partition coefficient (Wildman–Crippen LogP) is 9.56. The van der Waals surface area contributed by atoms with Gasteiger partial charge in [-0.25, -0.2) is 0 Å². The lowest BCUT2D eigenvalue weighted by atomic mass is 9.74. The Morgan fingerprint density at radius 3 is 1.43 bits per heavy atom. The van der Waals surface area contributed by atoms with E-state index in [-0.39, 0.29) is 10.8 Å². The zero-order chi connectivity index (χ0) is 30.9. The van der Waals surface area contributed by atoms with Crippen molar-refractivity contribution in [2.75, 3.05) is 17.2 Å². The first kappa shape index (κ1) is 32.3. The van der Waals surface area contributed by atoms with Gasteiger partial charge in [0.05, 0.1) is 0 Å². The summed E-state index contributed by atoms with van der Waals surface area (Å²) < 4.78 is 0. The molecule has 0 saturated heterocycles. The van der Waals surface area contributed by atoms with Gasteiger partial charge in [0, 0.05) is 22.5 Å². The topological polar surface area (TPSA) is 78.1 Å². The van der Waals surface area contributed by atoms with Crippen LogP contribution in [0.5, 0.6) is 0 Å². The summed E-state index contributed by atoms with van der Waals surface area (Å²) in [5.74, 6) is 0. The first-order chi connectivity index (χ1) is 19.8. The minimum atomic E-state index is -0.108. The van der Waals surface area contributed by atoms with E-state index in [1.165, 1.54) is 39.0 Å². The Morgan fingerprint density at radius 2 is 1.05 bits per heavy atom. The summed E-state index contributed by atoms with van der Waals surface area (Å²) in [6.07, 6.45) is 4.90. The summed E-state index contributed by atoms with van der Waals surface area (Å²) in [5, 5.41) is 0. The Bertz CT molecular complexity index is 1410. The van der Waals surface area contributed by atoms with Crippen LogP contribution >= 0.6 is 0 Å². The number of anilines is 3. The molecule has 4 aromatic carbocycles. The zero-order valence-corrected chi connectivity index (χ0v) is 26.4. The van der Waals surface area contributed by atoms with Crippen molar-refractivity contribution in [2.24, 2.45) is 0 Å². The van der Waals surface area contributed by atoms with Gasteiger partial charge in [-0.15, -0.1) is 6.58 Å². The van der Waals surface area contributed by atoms with Crippen LogP contribution in [0.3, 0.4) is 0 Å². The van der Waals surface area contributed by atoms with Crippen LogP contribution < -0.4 is 17.2 Å². The molecule has 4 aromatic rings. The third kappa shape index (κ3) is 8.63. The molecule has 42 heavy (non-hydrogen) atoms. The quantitative estimate of drug-likeness (QED) is 0.141. The molecular weight excluding hydrogens is 510 g/mol. The Labute approximate surface area is 254 Å². The molecule has 0 spiro atoms. The molecule has 4 rings (SSSR count). The molecule has 220 valence electrons. The van der Waals surface area contributed by atoms with E-state index < -0.39 is 0 Å². The fraction of sp³-hybridized carbons (Fsp3) is 0.282. The number of nitrogen functional groups attached to an aromatic ring is 3. The van der Waals surface area contributed by atoms with Crippen molar-refractivity contribution < 1.29 is 0 Å². The number of aryl methyl sites for hydroxylation is 1. The van der Waals surface area contributed by atoms with E-state index in [9.17, 15) is 0 Å². The van der Waals surface area contributed by atoms with Crippen molar-refractivity contribution in [3.63, 3.8) is 0 Å². The van der Waals surface area contributed by atoms with Crippen molar-refractivity contribution in [3.8, 4) is 0 Å². The van der Waals surface area contributed by atoms with Crippen molar-refractivity contribution in [2.45, 2.75) is 71.6 Å². The van der Waals surface area contributed by atoms with Gasteiger partial charge in [0.15, 0.2) is 0 Å². The standard InChI is InChI=1S/C22H29N.C17H20N2/c1-16(2)19(14-18-8-6-17(3)7-9-18)15-22(4,5)20-10-12-21(23)13-11-20;1-3-12-17(2,13-4-8-15(18)9-5-13)14-6-10-16(19)11-7-14/h6-13H,14-15,23H2,1-5H3;3-11H,1,12,18-19H2,2H3. The first-order valence-corrected chi connectivity index (χ1v) is 14.7. The number of benzene rings is 4. The molecule has 0 heterocycles. The van der Waals surface area contributed by atoms with Crippen molar-refractivity contribution >= 4 is 17.1 Å². The summed E-state index contributed by atoms with van der Waals surface area (Å²) in [5.41, 5.74) is 29.2. The van der Waals surface area contributed by atoms with Gasteiger partial charge in [0.25, 0.3) is 0 Å². The normalized spacial score (nSPS) is 11.3. The van der Waals surface area contributed by atoms with Crippen LogP contribution in [0.15, 0.2) is 121 Å². The minimum absolute atomic E-state index is 0.102. The average Bonchev–Trinajstić information content (AvgIpc) is 2.95. The molecule has 0 aliphatic rings. The van der Waals surface area contributed by atoms with Crippen molar-refractivity contribution in [1.82, 2.24) is 0 Å². The smallest absolute Gasteiger partial charge is 0.0314 e. The molecule has 0 aliphatic heterocycles. The van der Waals surface area contributed by atoms with Gasteiger partial charge in [0.1, 0.15) is 0 Å². The highest BCUT2D eigenvalue weighted by Crippen LogP contribution is 2.36. The maximum Gasteiger partial charge on any atom is 0.0314 e. The highest BCUT2D eigenvalue weighted by atomic mass is 14.5. The van der Waals surface area contributed by atoms with E-state index in [1.54, 1.807) is 0 Å². The second-order valence-electron chi connectivity index (χ2n) is 12.5. The maximum absolute atomic E-state index is 5.82. The number of hydrogen-bond acceptors (Lipinski definition) is 3. The minimum Gasteiger partial charge on any atom is -0.399 e. The molecule has 0 amide bonds. The van der Waals surface area contributed by atoms with Gasteiger partial charge in [-0.2, -0.15) is 0 Å². The average molecular weight is 560 g/mol. The summed E-state index contributed by atoms with van der Waals surface area (Å²) >= 11 is 0. The van der Waals surface area contributed by atoms with E-state index in [4.69, 9.17) is 17.2 Å². The predicted molar refractivity (Wildman–Crippen MR) is 185 cm³/mol. The molecular formula is C39H49N3. The van der Waals surface area contributed by atoms with Crippen LogP contribution in [-0.2, 0) is 17.3 Å². The maximum atomic E-state index is 5.82. The van der Waals surface area contributed by atoms with Crippen molar-refractivity contribution in [3.05, 3.63) is 149 Å². The van der Waals surface area contributed by atoms with Gasteiger partial charge in [-0.3, -0.25) is 0 Å². The van der Waals surface area contributed by atoms with Crippen molar-refractivity contribution in [1.29, 1.82) is 0 Å². The molecule has 0 fully saturated rings. The molecule has 3 nitrogen and oxygen atoms in total. The number of allylic oxidation sites excluding steroid dienone is 3. The molecule has 0 atom stereocenters. The van der Waals surface area contributed by atoms with Gasteiger partial charge in [-0.05, 0) is 104 Å². The fourth-order valence-corrected chi connectivity index (χ4v) is 5.33.